The Morgan fingerprint density at radius 3 is 2.87 bits per heavy atom. The van der Waals surface area contributed by atoms with E-state index in [1.165, 1.54) is 0 Å². The minimum absolute atomic E-state index is 0.383. The number of anilines is 1. The Kier molecular flexibility index (Phi) is 2.29. The third-order valence-electron chi connectivity index (χ3n) is 2.42. The van der Waals surface area contributed by atoms with Crippen LogP contribution in [0.4, 0.5) is 5.69 Å². The van der Waals surface area contributed by atoms with Crippen LogP contribution in [0.15, 0.2) is 48.8 Å². The monoisotopic (exact) mass is 201 g/mol. The number of carboxylic acid groups (broad SMARTS) is 1. The molecule has 0 aliphatic carbocycles. The summed E-state index contributed by atoms with van der Waals surface area (Å²) in [6.45, 7) is 3.67. The zero-order valence-corrected chi connectivity index (χ0v) is 8.18. The summed E-state index contributed by atoms with van der Waals surface area (Å²) in [7, 11) is 0. The van der Waals surface area contributed by atoms with Gasteiger partial charge in [0, 0.05) is 24.5 Å². The Morgan fingerprint density at radius 1 is 1.47 bits per heavy atom. The highest BCUT2D eigenvalue weighted by Crippen LogP contribution is 2.28. The molecule has 3 heteroatoms. The molecule has 0 unspecified atom stereocenters. The fourth-order valence-electron chi connectivity index (χ4n) is 1.68. The Bertz CT molecular complexity index is 449. The molecule has 0 aromatic heterocycles. The molecule has 0 amide bonds. The third-order valence-corrected chi connectivity index (χ3v) is 2.42. The topological polar surface area (TPSA) is 40.5 Å². The van der Waals surface area contributed by atoms with Gasteiger partial charge in [0.2, 0.25) is 0 Å². The number of hydrogen-bond donors (Lipinski definition) is 1. The maximum atomic E-state index is 10.9. The van der Waals surface area contributed by atoms with Gasteiger partial charge >= 0.3 is 5.97 Å². The van der Waals surface area contributed by atoms with Crippen molar-refractivity contribution in [1.82, 2.24) is 0 Å². The average molecular weight is 201 g/mol. The Labute approximate surface area is 88.0 Å². The summed E-state index contributed by atoms with van der Waals surface area (Å²) in [5.41, 5.74) is 2.39. The zero-order valence-electron chi connectivity index (χ0n) is 8.18. The molecule has 1 aromatic rings. The minimum atomic E-state index is -0.878. The summed E-state index contributed by atoms with van der Waals surface area (Å²) in [6, 6.07) is 7.72. The van der Waals surface area contributed by atoms with Crippen LogP contribution >= 0.6 is 0 Å². The van der Waals surface area contributed by atoms with E-state index in [1.54, 1.807) is 17.3 Å². The van der Waals surface area contributed by atoms with E-state index in [2.05, 4.69) is 6.58 Å². The second-order valence-corrected chi connectivity index (χ2v) is 3.35. The molecule has 15 heavy (non-hydrogen) atoms. The number of rotatable bonds is 2. The molecule has 1 N–H and O–H groups in total. The molecule has 2 rings (SSSR count). The lowest BCUT2D eigenvalue weighted by molar-refractivity contribution is -0.132. The quantitative estimate of drug-likeness (QED) is 0.797. The van der Waals surface area contributed by atoms with E-state index < -0.39 is 5.97 Å². The van der Waals surface area contributed by atoms with Crippen molar-refractivity contribution in [3.05, 3.63) is 54.4 Å². The highest BCUT2D eigenvalue weighted by molar-refractivity contribution is 5.89. The molecular weight excluding hydrogens is 190 g/mol. The van der Waals surface area contributed by atoms with Crippen molar-refractivity contribution < 1.29 is 9.90 Å². The molecule has 1 aliphatic rings. The molecule has 1 aromatic carbocycles. The van der Waals surface area contributed by atoms with Crippen LogP contribution in [0, 0.1) is 0 Å². The molecule has 0 radical (unpaired) electrons. The van der Waals surface area contributed by atoms with Gasteiger partial charge in [0.05, 0.1) is 5.57 Å². The van der Waals surface area contributed by atoms with Crippen molar-refractivity contribution in [3.8, 4) is 0 Å². The molecule has 0 saturated heterocycles. The van der Waals surface area contributed by atoms with Crippen molar-refractivity contribution >= 4 is 11.7 Å². The van der Waals surface area contributed by atoms with Crippen molar-refractivity contribution in [2.75, 3.05) is 4.90 Å². The summed E-state index contributed by atoms with van der Waals surface area (Å²) in [4.78, 5) is 12.6. The second kappa shape index (κ2) is 3.61. The summed E-state index contributed by atoms with van der Waals surface area (Å²) >= 11 is 0. The fraction of sp³-hybridized carbons (Fsp3) is 0.0833. The number of hydrogen-bond acceptors (Lipinski definition) is 2. The molecule has 0 bridgehead atoms. The number of aliphatic carboxylic acids is 1. The first kappa shape index (κ1) is 9.52. The Balaban J connectivity index is 2.48. The lowest BCUT2D eigenvalue weighted by Crippen LogP contribution is -2.19. The van der Waals surface area contributed by atoms with Crippen LogP contribution in [0.1, 0.15) is 5.56 Å². The first-order valence-electron chi connectivity index (χ1n) is 4.65. The van der Waals surface area contributed by atoms with Gasteiger partial charge in [-0.15, -0.1) is 0 Å². The van der Waals surface area contributed by atoms with Crippen LogP contribution in [-0.4, -0.2) is 11.1 Å². The van der Waals surface area contributed by atoms with E-state index in [-0.39, 0.29) is 0 Å². The number of fused-ring (bicyclic) bond motifs is 1. The highest BCUT2D eigenvalue weighted by atomic mass is 16.4. The van der Waals surface area contributed by atoms with Crippen LogP contribution < -0.4 is 4.90 Å². The molecule has 0 atom stereocenters. The van der Waals surface area contributed by atoms with Crippen molar-refractivity contribution in [2.45, 2.75) is 6.42 Å². The zero-order chi connectivity index (χ0) is 10.8. The standard InChI is InChI=1S/C12H11NO2/c1-2-13-8-10(12(14)15)7-9-5-3-4-6-11(9)13/h2-6,8H,1,7H2,(H,14,15). The predicted octanol–water partition coefficient (Wildman–Crippen LogP) is 2.16. The van der Waals surface area contributed by atoms with Crippen LogP contribution in [0.25, 0.3) is 0 Å². The molecule has 0 saturated carbocycles. The van der Waals surface area contributed by atoms with Crippen LogP contribution in [0.5, 0.6) is 0 Å². The number of para-hydroxylation sites is 1. The first-order valence-corrected chi connectivity index (χ1v) is 4.65. The van der Waals surface area contributed by atoms with E-state index in [0.29, 0.717) is 12.0 Å². The maximum Gasteiger partial charge on any atom is 0.333 e. The number of carbonyl (C=O) groups is 1. The van der Waals surface area contributed by atoms with Crippen molar-refractivity contribution in [3.63, 3.8) is 0 Å². The molecule has 1 heterocycles. The average Bonchev–Trinajstić information content (AvgIpc) is 2.27. The molecular formula is C12H11NO2. The third kappa shape index (κ3) is 1.64. The maximum absolute atomic E-state index is 10.9. The Morgan fingerprint density at radius 2 is 2.20 bits per heavy atom. The van der Waals surface area contributed by atoms with Gasteiger partial charge in [0.15, 0.2) is 0 Å². The van der Waals surface area contributed by atoms with Crippen molar-refractivity contribution in [2.24, 2.45) is 0 Å². The number of carboxylic acids is 1. The van der Waals surface area contributed by atoms with E-state index in [4.69, 9.17) is 5.11 Å². The number of benzene rings is 1. The molecule has 0 fully saturated rings. The van der Waals surface area contributed by atoms with Crippen LogP contribution in [0.3, 0.4) is 0 Å². The van der Waals surface area contributed by atoms with Gasteiger partial charge in [-0.3, -0.25) is 0 Å². The van der Waals surface area contributed by atoms with E-state index in [1.807, 2.05) is 24.3 Å². The fourth-order valence-corrected chi connectivity index (χ4v) is 1.68. The van der Waals surface area contributed by atoms with Crippen molar-refractivity contribution in [1.29, 1.82) is 0 Å². The van der Waals surface area contributed by atoms with Gasteiger partial charge in [-0.25, -0.2) is 4.79 Å². The van der Waals surface area contributed by atoms with Gasteiger partial charge < -0.3 is 10.0 Å². The summed E-state index contributed by atoms with van der Waals surface area (Å²) < 4.78 is 0. The van der Waals surface area contributed by atoms with Gasteiger partial charge in [-0.05, 0) is 11.6 Å². The molecule has 76 valence electrons. The highest BCUT2D eigenvalue weighted by Gasteiger charge is 2.18. The lowest BCUT2D eigenvalue weighted by Gasteiger charge is -2.24. The molecule has 0 spiro atoms. The summed E-state index contributed by atoms with van der Waals surface area (Å²) in [5.74, 6) is -0.878. The number of nitrogens with zero attached hydrogens (tertiary/aromatic N) is 1. The normalized spacial score (nSPS) is 14.1. The SMILES string of the molecule is C=CN1C=C(C(=O)O)Cc2ccccc21. The minimum Gasteiger partial charge on any atom is -0.478 e. The van der Waals surface area contributed by atoms with E-state index in [9.17, 15) is 4.79 Å². The van der Waals surface area contributed by atoms with Gasteiger partial charge in [0.25, 0.3) is 0 Å². The van der Waals surface area contributed by atoms with E-state index in [0.717, 1.165) is 11.3 Å². The summed E-state index contributed by atoms with van der Waals surface area (Å²) in [5, 5.41) is 8.95. The molecule has 1 aliphatic heterocycles. The lowest BCUT2D eigenvalue weighted by atomic mass is 10.00. The predicted molar refractivity (Wildman–Crippen MR) is 58.5 cm³/mol. The largest absolute Gasteiger partial charge is 0.478 e. The first-order chi connectivity index (χ1) is 7.22. The van der Waals surface area contributed by atoms with Gasteiger partial charge in [-0.1, -0.05) is 24.8 Å². The molecule has 3 nitrogen and oxygen atoms in total. The smallest absolute Gasteiger partial charge is 0.333 e. The summed E-state index contributed by atoms with van der Waals surface area (Å²) in [6.07, 6.45) is 3.69. The van der Waals surface area contributed by atoms with Crippen LogP contribution in [-0.2, 0) is 11.2 Å². The van der Waals surface area contributed by atoms with Crippen LogP contribution in [0.2, 0.25) is 0 Å². The van der Waals surface area contributed by atoms with E-state index >= 15 is 0 Å². The van der Waals surface area contributed by atoms with Gasteiger partial charge in [0.1, 0.15) is 0 Å². The second-order valence-electron chi connectivity index (χ2n) is 3.35. The Hall–Kier alpha value is -2.03. The van der Waals surface area contributed by atoms with Gasteiger partial charge in [-0.2, -0.15) is 0 Å².